The van der Waals surface area contributed by atoms with Gasteiger partial charge in [0.15, 0.2) is 6.61 Å². The number of amides is 2. The Hall–Kier alpha value is -1.79. The summed E-state index contributed by atoms with van der Waals surface area (Å²) in [7, 11) is 1.85. The highest BCUT2D eigenvalue weighted by atomic mass is 35.5. The highest BCUT2D eigenvalue weighted by Crippen LogP contribution is 2.25. The van der Waals surface area contributed by atoms with Gasteiger partial charge >= 0.3 is 0 Å². The first kappa shape index (κ1) is 19.3. The summed E-state index contributed by atoms with van der Waals surface area (Å²) in [5.41, 5.74) is 0.823. The van der Waals surface area contributed by atoms with Crippen molar-refractivity contribution in [3.8, 4) is 5.75 Å². The normalized spacial score (nSPS) is 15.0. The van der Waals surface area contributed by atoms with Gasteiger partial charge in [0.2, 0.25) is 5.91 Å². The van der Waals surface area contributed by atoms with Crippen LogP contribution in [0.5, 0.6) is 5.75 Å². The van der Waals surface area contributed by atoms with Gasteiger partial charge in [0.05, 0.1) is 0 Å². The number of benzene rings is 1. The molecule has 1 aliphatic heterocycles. The maximum absolute atomic E-state index is 11.7. The smallest absolute Gasteiger partial charge is 0.257 e. The molecule has 7 heteroatoms. The molecule has 2 rings (SSSR count). The molecule has 0 radical (unpaired) electrons. The largest absolute Gasteiger partial charge is 0.484 e. The molecule has 1 aromatic rings. The first-order chi connectivity index (χ1) is 10.6. The first-order valence-corrected chi connectivity index (χ1v) is 7.57. The van der Waals surface area contributed by atoms with E-state index in [9.17, 15) is 9.59 Å². The number of nitrogens with one attached hydrogen (secondary N) is 2. The molecular formula is C16H24ClN3O3. The summed E-state index contributed by atoms with van der Waals surface area (Å²) >= 11 is 0. The lowest BCUT2D eigenvalue weighted by atomic mass is 10.3. The van der Waals surface area contributed by atoms with Gasteiger partial charge in [0, 0.05) is 37.3 Å². The van der Waals surface area contributed by atoms with Crippen molar-refractivity contribution in [1.82, 2.24) is 10.6 Å². The lowest BCUT2D eigenvalue weighted by Crippen LogP contribution is -2.39. The maximum atomic E-state index is 11.7. The minimum absolute atomic E-state index is 0. The highest BCUT2D eigenvalue weighted by Gasteiger charge is 2.21. The van der Waals surface area contributed by atoms with Crippen molar-refractivity contribution in [2.45, 2.75) is 25.8 Å². The molecule has 0 aromatic heterocycles. The summed E-state index contributed by atoms with van der Waals surface area (Å²) in [6.07, 6.45) is 1.48. The Kier molecular flexibility index (Phi) is 7.85. The molecule has 0 spiro atoms. The van der Waals surface area contributed by atoms with Crippen molar-refractivity contribution in [3.05, 3.63) is 24.3 Å². The van der Waals surface area contributed by atoms with Crippen molar-refractivity contribution < 1.29 is 14.3 Å². The number of nitrogens with zero attached hydrogens (tertiary/aromatic N) is 1. The predicted octanol–water partition coefficient (Wildman–Crippen LogP) is 1.34. The Morgan fingerprint density at radius 2 is 2.22 bits per heavy atom. The van der Waals surface area contributed by atoms with Crippen LogP contribution in [0.1, 0.15) is 19.8 Å². The third-order valence-electron chi connectivity index (χ3n) is 3.67. The summed E-state index contributed by atoms with van der Waals surface area (Å²) in [5.74, 6) is 0.565. The van der Waals surface area contributed by atoms with Crippen LogP contribution in [-0.4, -0.2) is 44.6 Å². The zero-order chi connectivity index (χ0) is 15.9. The van der Waals surface area contributed by atoms with Crippen LogP contribution in [0.4, 0.5) is 5.69 Å². The van der Waals surface area contributed by atoms with Crippen LogP contribution in [0.15, 0.2) is 24.3 Å². The fourth-order valence-corrected chi connectivity index (χ4v) is 2.23. The van der Waals surface area contributed by atoms with Crippen molar-refractivity contribution in [2.75, 3.05) is 31.6 Å². The molecule has 6 nitrogen and oxygen atoms in total. The van der Waals surface area contributed by atoms with Gasteiger partial charge in [0.1, 0.15) is 5.75 Å². The molecule has 1 atom stereocenters. The number of halogens is 1. The van der Waals surface area contributed by atoms with E-state index in [4.69, 9.17) is 4.74 Å². The number of likely N-dealkylation sites (N-methyl/N-ethyl adjacent to an activating group) is 1. The summed E-state index contributed by atoms with van der Waals surface area (Å²) < 4.78 is 5.50. The van der Waals surface area contributed by atoms with Gasteiger partial charge < -0.3 is 20.3 Å². The number of hydrogen-bond donors (Lipinski definition) is 2. The molecule has 0 aliphatic carbocycles. The summed E-state index contributed by atoms with van der Waals surface area (Å²) in [6.45, 7) is 3.25. The van der Waals surface area contributed by atoms with Crippen LogP contribution in [0.2, 0.25) is 0 Å². The predicted molar refractivity (Wildman–Crippen MR) is 92.3 cm³/mol. The molecule has 1 aromatic carbocycles. The lowest BCUT2D eigenvalue weighted by molar-refractivity contribution is -0.123. The second-order valence-corrected chi connectivity index (χ2v) is 5.43. The summed E-state index contributed by atoms with van der Waals surface area (Å²) in [5, 5.41) is 5.83. The van der Waals surface area contributed by atoms with E-state index in [2.05, 4.69) is 10.6 Å². The van der Waals surface area contributed by atoms with Gasteiger partial charge in [-0.25, -0.2) is 0 Å². The van der Waals surface area contributed by atoms with Gasteiger partial charge in [-0.05, 0) is 32.5 Å². The number of carbonyl (C=O) groups is 2. The van der Waals surface area contributed by atoms with Gasteiger partial charge in [-0.2, -0.15) is 0 Å². The van der Waals surface area contributed by atoms with E-state index < -0.39 is 0 Å². The van der Waals surface area contributed by atoms with Crippen LogP contribution >= 0.6 is 12.4 Å². The van der Waals surface area contributed by atoms with Crippen molar-refractivity contribution in [2.24, 2.45) is 0 Å². The standard InChI is InChI=1S/C16H23N3O3.ClH/c1-12(17-2)10-18-15(20)11-22-14-6-3-5-13(9-14)19-8-4-7-16(19)21;/h3,5-6,9,12,17H,4,7-8,10-11H2,1-2H3,(H,18,20);1H. The fraction of sp³-hybridized carbons (Fsp3) is 0.500. The lowest BCUT2D eigenvalue weighted by Gasteiger charge is -2.17. The molecule has 1 heterocycles. The molecule has 0 saturated carbocycles. The van der Waals surface area contributed by atoms with E-state index in [1.165, 1.54) is 0 Å². The average molecular weight is 342 g/mol. The quantitative estimate of drug-likeness (QED) is 0.785. The number of hydrogen-bond acceptors (Lipinski definition) is 4. The number of rotatable bonds is 7. The Balaban J connectivity index is 0.00000264. The van der Waals surface area contributed by atoms with Crippen LogP contribution < -0.4 is 20.3 Å². The van der Waals surface area contributed by atoms with Gasteiger partial charge in [0.25, 0.3) is 5.91 Å². The highest BCUT2D eigenvalue weighted by molar-refractivity contribution is 5.95. The third-order valence-corrected chi connectivity index (χ3v) is 3.67. The van der Waals surface area contributed by atoms with Crippen molar-refractivity contribution in [1.29, 1.82) is 0 Å². The summed E-state index contributed by atoms with van der Waals surface area (Å²) in [6, 6.07) is 7.51. The van der Waals surface area contributed by atoms with E-state index in [1.807, 2.05) is 26.1 Å². The minimum atomic E-state index is -0.162. The van der Waals surface area contributed by atoms with Crippen LogP contribution in [-0.2, 0) is 9.59 Å². The van der Waals surface area contributed by atoms with Gasteiger partial charge in [-0.15, -0.1) is 12.4 Å². The number of anilines is 1. The van der Waals surface area contributed by atoms with E-state index in [0.29, 0.717) is 18.7 Å². The second-order valence-electron chi connectivity index (χ2n) is 5.43. The van der Waals surface area contributed by atoms with Crippen molar-refractivity contribution in [3.63, 3.8) is 0 Å². The van der Waals surface area contributed by atoms with Crippen LogP contribution in [0.3, 0.4) is 0 Å². The third kappa shape index (κ3) is 5.73. The average Bonchev–Trinajstić information content (AvgIpc) is 2.97. The zero-order valence-corrected chi connectivity index (χ0v) is 14.3. The topological polar surface area (TPSA) is 70.7 Å². The molecule has 0 bridgehead atoms. The molecule has 1 saturated heterocycles. The molecule has 1 aliphatic rings. The molecule has 128 valence electrons. The summed E-state index contributed by atoms with van der Waals surface area (Å²) in [4.78, 5) is 25.2. The van der Waals surface area contributed by atoms with Crippen molar-refractivity contribution >= 4 is 29.9 Å². The fourth-order valence-electron chi connectivity index (χ4n) is 2.23. The zero-order valence-electron chi connectivity index (χ0n) is 13.5. The van der Waals surface area contributed by atoms with E-state index >= 15 is 0 Å². The van der Waals surface area contributed by atoms with Gasteiger partial charge in [-0.1, -0.05) is 6.07 Å². The first-order valence-electron chi connectivity index (χ1n) is 7.57. The molecule has 1 fully saturated rings. The Morgan fingerprint density at radius 1 is 1.43 bits per heavy atom. The molecule has 2 amide bonds. The maximum Gasteiger partial charge on any atom is 0.257 e. The SMILES string of the molecule is CNC(C)CNC(=O)COc1cccc(N2CCCC2=O)c1.Cl. The molecule has 1 unspecified atom stereocenters. The monoisotopic (exact) mass is 341 g/mol. The number of carbonyl (C=O) groups excluding carboxylic acids is 2. The molecule has 2 N–H and O–H groups in total. The van der Waals surface area contributed by atoms with E-state index in [1.54, 1.807) is 17.0 Å². The Morgan fingerprint density at radius 3 is 2.87 bits per heavy atom. The minimum Gasteiger partial charge on any atom is -0.484 e. The van der Waals surface area contributed by atoms with Crippen LogP contribution in [0, 0.1) is 0 Å². The van der Waals surface area contributed by atoms with E-state index in [0.717, 1.165) is 18.7 Å². The number of ether oxygens (including phenoxy) is 1. The van der Waals surface area contributed by atoms with Gasteiger partial charge in [-0.3, -0.25) is 9.59 Å². The Bertz CT molecular complexity index is 539. The van der Waals surface area contributed by atoms with Crippen LogP contribution in [0.25, 0.3) is 0 Å². The molecule has 23 heavy (non-hydrogen) atoms. The second kappa shape index (κ2) is 9.37. The van der Waals surface area contributed by atoms with E-state index in [-0.39, 0.29) is 36.9 Å². The molecular weight excluding hydrogens is 318 g/mol. The Labute approximate surface area is 143 Å².